The Balaban J connectivity index is 1.52. The van der Waals surface area contributed by atoms with Crippen LogP contribution in [-0.2, 0) is 17.6 Å². The number of rotatable bonds is 5. The van der Waals surface area contributed by atoms with Crippen molar-refractivity contribution >= 4 is 56.5 Å². The van der Waals surface area contributed by atoms with E-state index in [1.54, 1.807) is 28.0 Å². The first kappa shape index (κ1) is 22.2. The van der Waals surface area contributed by atoms with Gasteiger partial charge in [-0.3, -0.25) is 14.2 Å². The number of hydrogen-bond acceptors (Lipinski definition) is 5. The molecule has 2 aromatic heterocycles. The monoisotopic (exact) mass is 495 g/mol. The second-order valence-electron chi connectivity index (χ2n) is 8.11. The van der Waals surface area contributed by atoms with E-state index in [4.69, 9.17) is 16.6 Å². The molecule has 0 fully saturated rings. The number of hydrogen-bond donors (Lipinski definition) is 1. The fraction of sp³-hybridized carbons (Fsp3) is 0.240. The van der Waals surface area contributed by atoms with Gasteiger partial charge in [-0.05, 0) is 80.1 Å². The molecule has 2 aromatic carbocycles. The zero-order chi connectivity index (χ0) is 22.9. The van der Waals surface area contributed by atoms with Gasteiger partial charge in [-0.25, -0.2) is 4.98 Å². The summed E-state index contributed by atoms with van der Waals surface area (Å²) in [6.07, 6.45) is 4.15. The summed E-state index contributed by atoms with van der Waals surface area (Å²) in [6, 6.07) is 14.8. The van der Waals surface area contributed by atoms with Crippen LogP contribution >= 0.6 is 34.7 Å². The lowest BCUT2D eigenvalue weighted by Crippen LogP contribution is -2.23. The Kier molecular flexibility index (Phi) is 6.27. The molecule has 1 aliphatic carbocycles. The number of halogens is 1. The molecule has 0 radical (unpaired) electrons. The largest absolute Gasteiger partial charge is 0.325 e. The van der Waals surface area contributed by atoms with Gasteiger partial charge in [0.25, 0.3) is 5.56 Å². The Morgan fingerprint density at radius 1 is 1.18 bits per heavy atom. The minimum atomic E-state index is -0.145. The molecule has 8 heteroatoms. The molecule has 0 spiro atoms. The van der Waals surface area contributed by atoms with Gasteiger partial charge in [-0.2, -0.15) is 0 Å². The van der Waals surface area contributed by atoms with E-state index in [0.29, 0.717) is 15.9 Å². The Labute approximate surface area is 204 Å². The van der Waals surface area contributed by atoms with Gasteiger partial charge in [0.15, 0.2) is 5.16 Å². The minimum absolute atomic E-state index is 0.0803. The van der Waals surface area contributed by atoms with Gasteiger partial charge in [0, 0.05) is 15.6 Å². The van der Waals surface area contributed by atoms with Crippen molar-refractivity contribution in [3.63, 3.8) is 0 Å². The van der Waals surface area contributed by atoms with Crippen LogP contribution in [0.3, 0.4) is 0 Å². The zero-order valence-electron chi connectivity index (χ0n) is 18.1. The van der Waals surface area contributed by atoms with Crippen LogP contribution in [-0.4, -0.2) is 21.2 Å². The number of anilines is 1. The molecular weight excluding hydrogens is 474 g/mol. The molecule has 1 amide bonds. The van der Waals surface area contributed by atoms with Crippen LogP contribution in [0.15, 0.2) is 58.5 Å². The number of thiophene rings is 1. The molecule has 5 nitrogen and oxygen atoms in total. The molecular formula is C25H22ClN3O2S2. The first-order valence-electron chi connectivity index (χ1n) is 10.8. The van der Waals surface area contributed by atoms with Crippen LogP contribution in [0.25, 0.3) is 15.9 Å². The topological polar surface area (TPSA) is 64.0 Å². The number of nitrogens with zero attached hydrogens (tertiary/aromatic N) is 2. The third-order valence-corrected chi connectivity index (χ3v) is 8.05. The third kappa shape index (κ3) is 4.58. The summed E-state index contributed by atoms with van der Waals surface area (Å²) < 4.78 is 1.62. The van der Waals surface area contributed by atoms with Crippen LogP contribution in [0.4, 0.5) is 5.69 Å². The van der Waals surface area contributed by atoms with Crippen LogP contribution in [0.5, 0.6) is 0 Å². The van der Waals surface area contributed by atoms with E-state index >= 15 is 0 Å². The molecule has 4 aromatic rings. The molecule has 33 heavy (non-hydrogen) atoms. The average Bonchev–Trinajstić information content (AvgIpc) is 3.17. The van der Waals surface area contributed by atoms with Gasteiger partial charge in [0.05, 0.1) is 16.8 Å². The molecule has 168 valence electrons. The lowest BCUT2D eigenvalue weighted by atomic mass is 9.97. The second-order valence-corrected chi connectivity index (χ2v) is 10.6. The number of aromatic nitrogens is 2. The predicted octanol–water partition coefficient (Wildman–Crippen LogP) is 6.02. The summed E-state index contributed by atoms with van der Waals surface area (Å²) >= 11 is 8.96. The third-order valence-electron chi connectivity index (χ3n) is 5.68. The molecule has 1 aliphatic rings. The van der Waals surface area contributed by atoms with Gasteiger partial charge in [0.2, 0.25) is 5.91 Å². The minimum Gasteiger partial charge on any atom is -0.325 e. The van der Waals surface area contributed by atoms with Gasteiger partial charge < -0.3 is 5.32 Å². The van der Waals surface area contributed by atoms with Crippen molar-refractivity contribution in [3.8, 4) is 5.69 Å². The zero-order valence-corrected chi connectivity index (χ0v) is 20.4. The Hall–Kier alpha value is -2.61. The summed E-state index contributed by atoms with van der Waals surface area (Å²) in [7, 11) is 0. The van der Waals surface area contributed by atoms with E-state index in [9.17, 15) is 9.59 Å². The SMILES string of the molecule is Cc1cccc(NC(=O)CSc2nc3sc4c(c3c(=O)n2-c2ccc(Cl)cc2)CCCC4)c1. The molecule has 0 unspecified atom stereocenters. The lowest BCUT2D eigenvalue weighted by Gasteiger charge is -2.14. The van der Waals surface area contributed by atoms with Crippen LogP contribution in [0.1, 0.15) is 28.8 Å². The lowest BCUT2D eigenvalue weighted by molar-refractivity contribution is -0.113. The van der Waals surface area contributed by atoms with Crippen molar-refractivity contribution in [2.75, 3.05) is 11.1 Å². The maximum absolute atomic E-state index is 13.7. The van der Waals surface area contributed by atoms with Crippen molar-refractivity contribution in [2.24, 2.45) is 0 Å². The van der Waals surface area contributed by atoms with E-state index in [0.717, 1.165) is 52.7 Å². The molecule has 2 heterocycles. The number of fused-ring (bicyclic) bond motifs is 3. The van der Waals surface area contributed by atoms with Gasteiger partial charge in [-0.15, -0.1) is 11.3 Å². The normalized spacial score (nSPS) is 13.2. The number of benzene rings is 2. The van der Waals surface area contributed by atoms with Crippen molar-refractivity contribution in [1.29, 1.82) is 0 Å². The van der Waals surface area contributed by atoms with Crippen molar-refractivity contribution in [2.45, 2.75) is 37.8 Å². The van der Waals surface area contributed by atoms with Crippen molar-refractivity contribution in [3.05, 3.63) is 79.9 Å². The summed E-state index contributed by atoms with van der Waals surface area (Å²) in [5, 5.41) is 4.75. The molecule has 0 bridgehead atoms. The number of carbonyl (C=O) groups excluding carboxylic acids is 1. The highest BCUT2D eigenvalue weighted by Crippen LogP contribution is 2.35. The summed E-state index contributed by atoms with van der Waals surface area (Å²) in [5.41, 5.74) is 3.59. The van der Waals surface area contributed by atoms with E-state index in [1.807, 2.05) is 43.3 Å². The second kappa shape index (κ2) is 9.33. The first-order valence-corrected chi connectivity index (χ1v) is 13.0. The average molecular weight is 496 g/mol. The fourth-order valence-electron chi connectivity index (χ4n) is 4.15. The smallest absolute Gasteiger partial charge is 0.267 e. The quantitative estimate of drug-likeness (QED) is 0.271. The maximum atomic E-state index is 13.7. The van der Waals surface area contributed by atoms with E-state index < -0.39 is 0 Å². The van der Waals surface area contributed by atoms with Crippen LogP contribution in [0, 0.1) is 6.92 Å². The van der Waals surface area contributed by atoms with Gasteiger partial charge in [0.1, 0.15) is 4.83 Å². The molecule has 0 saturated carbocycles. The van der Waals surface area contributed by atoms with Gasteiger partial charge >= 0.3 is 0 Å². The van der Waals surface area contributed by atoms with E-state index in [2.05, 4.69) is 5.32 Å². The summed E-state index contributed by atoms with van der Waals surface area (Å²) in [4.78, 5) is 33.3. The summed E-state index contributed by atoms with van der Waals surface area (Å²) in [5.74, 6) is -0.00188. The Morgan fingerprint density at radius 2 is 1.97 bits per heavy atom. The predicted molar refractivity (Wildman–Crippen MR) is 137 cm³/mol. The fourth-order valence-corrected chi connectivity index (χ4v) is 6.39. The highest BCUT2D eigenvalue weighted by atomic mass is 35.5. The van der Waals surface area contributed by atoms with Crippen molar-refractivity contribution < 1.29 is 4.79 Å². The maximum Gasteiger partial charge on any atom is 0.267 e. The Morgan fingerprint density at radius 3 is 2.76 bits per heavy atom. The molecule has 1 N–H and O–H groups in total. The number of carbonyl (C=O) groups is 1. The number of thioether (sulfide) groups is 1. The first-order chi connectivity index (χ1) is 16.0. The van der Waals surface area contributed by atoms with Crippen molar-refractivity contribution in [1.82, 2.24) is 9.55 Å². The molecule has 0 saturated heterocycles. The van der Waals surface area contributed by atoms with Gasteiger partial charge in [-0.1, -0.05) is 35.5 Å². The van der Waals surface area contributed by atoms with Crippen LogP contribution < -0.4 is 10.9 Å². The number of amides is 1. The van der Waals surface area contributed by atoms with E-state index in [1.165, 1.54) is 16.6 Å². The standard InChI is InChI=1S/C25H22ClN3O2S2/c1-15-5-4-6-17(13-15)27-21(30)14-32-25-28-23-22(19-7-2-3-8-20(19)33-23)24(31)29(25)18-11-9-16(26)10-12-18/h4-6,9-13H,2-3,7-8,14H2,1H3,(H,27,30). The molecule has 0 aliphatic heterocycles. The summed E-state index contributed by atoms with van der Waals surface area (Å²) in [6.45, 7) is 1.98. The number of aryl methyl sites for hydroxylation is 3. The molecule has 0 atom stereocenters. The highest BCUT2D eigenvalue weighted by molar-refractivity contribution is 7.99. The number of nitrogens with one attached hydrogen (secondary N) is 1. The molecule has 5 rings (SSSR count). The van der Waals surface area contributed by atoms with E-state index in [-0.39, 0.29) is 17.2 Å². The van der Waals surface area contributed by atoms with Crippen LogP contribution in [0.2, 0.25) is 5.02 Å². The Bertz CT molecular complexity index is 1410. The highest BCUT2D eigenvalue weighted by Gasteiger charge is 2.23.